The van der Waals surface area contributed by atoms with Crippen molar-refractivity contribution in [2.45, 2.75) is 45.7 Å². The number of hydrogen-bond acceptors (Lipinski definition) is 3. The van der Waals surface area contributed by atoms with Crippen LogP contribution in [0.1, 0.15) is 37.5 Å². The van der Waals surface area contributed by atoms with E-state index in [1.165, 1.54) is 4.90 Å². The molecular formula is C18H26ClN3O3. The van der Waals surface area contributed by atoms with E-state index < -0.39 is 18.0 Å². The van der Waals surface area contributed by atoms with Crippen LogP contribution in [0.2, 0.25) is 5.02 Å². The quantitative estimate of drug-likeness (QED) is 0.859. The van der Waals surface area contributed by atoms with Gasteiger partial charge in [-0.1, -0.05) is 38.4 Å². The predicted octanol–water partition coefficient (Wildman–Crippen LogP) is 2.60. The zero-order chi connectivity index (χ0) is 18.9. The number of piperazine rings is 1. The molecule has 25 heavy (non-hydrogen) atoms. The van der Waals surface area contributed by atoms with Crippen LogP contribution in [0.25, 0.3) is 0 Å². The van der Waals surface area contributed by atoms with Crippen LogP contribution in [0.4, 0.5) is 4.79 Å². The summed E-state index contributed by atoms with van der Waals surface area (Å²) in [5.74, 6) is -0.957. The van der Waals surface area contributed by atoms with E-state index in [2.05, 4.69) is 26.8 Å². The summed E-state index contributed by atoms with van der Waals surface area (Å²) < 4.78 is 0. The van der Waals surface area contributed by atoms with Crippen LogP contribution in [0, 0.1) is 6.92 Å². The second-order valence-corrected chi connectivity index (χ2v) is 8.02. The maximum absolute atomic E-state index is 11.6. The summed E-state index contributed by atoms with van der Waals surface area (Å²) in [7, 11) is 0. The molecule has 0 unspecified atom stereocenters. The third-order valence-corrected chi connectivity index (χ3v) is 5.01. The third-order valence-electron chi connectivity index (χ3n) is 4.70. The van der Waals surface area contributed by atoms with Gasteiger partial charge in [0.15, 0.2) is 0 Å². The van der Waals surface area contributed by atoms with Gasteiger partial charge in [0, 0.05) is 31.2 Å². The SMILES string of the molecule is Cc1cc(C(C)(C)C)c(Cl)cc1CN1CCN(C(N)=O)C[C@H]1C(=O)O. The Hall–Kier alpha value is -1.79. The molecule has 3 N–H and O–H groups in total. The molecule has 0 aliphatic carbocycles. The average molecular weight is 368 g/mol. The number of aliphatic carboxylic acids is 1. The first-order valence-electron chi connectivity index (χ1n) is 8.31. The number of carbonyl (C=O) groups excluding carboxylic acids is 1. The Kier molecular flexibility index (Phi) is 5.64. The number of benzene rings is 1. The van der Waals surface area contributed by atoms with E-state index in [1.807, 2.05) is 17.9 Å². The minimum absolute atomic E-state index is 0.0584. The minimum Gasteiger partial charge on any atom is -0.480 e. The number of carbonyl (C=O) groups is 2. The highest BCUT2D eigenvalue weighted by Crippen LogP contribution is 2.32. The Morgan fingerprint density at radius 1 is 1.32 bits per heavy atom. The van der Waals surface area contributed by atoms with E-state index >= 15 is 0 Å². The summed E-state index contributed by atoms with van der Waals surface area (Å²) >= 11 is 6.46. The van der Waals surface area contributed by atoms with Gasteiger partial charge in [-0.2, -0.15) is 0 Å². The first-order chi connectivity index (χ1) is 11.5. The monoisotopic (exact) mass is 367 g/mol. The largest absolute Gasteiger partial charge is 0.480 e. The lowest BCUT2D eigenvalue weighted by Gasteiger charge is -2.38. The first kappa shape index (κ1) is 19.5. The smallest absolute Gasteiger partial charge is 0.322 e. The Balaban J connectivity index is 2.25. The second kappa shape index (κ2) is 7.22. The van der Waals surface area contributed by atoms with Crippen molar-refractivity contribution in [3.05, 3.63) is 33.8 Å². The van der Waals surface area contributed by atoms with Crippen LogP contribution < -0.4 is 5.73 Å². The zero-order valence-corrected chi connectivity index (χ0v) is 15.9. The molecule has 0 bridgehead atoms. The standard InChI is InChI=1S/C18H26ClN3O3/c1-11-7-13(18(2,3)4)14(19)8-12(11)9-21-5-6-22(17(20)25)10-15(21)16(23)24/h7-8,15H,5-6,9-10H2,1-4H3,(H2,20,25)(H,23,24)/t15-/m0/s1. The van der Waals surface area contributed by atoms with Crippen LogP contribution in [-0.2, 0) is 16.8 Å². The highest BCUT2D eigenvalue weighted by Gasteiger charge is 2.34. The predicted molar refractivity (Wildman–Crippen MR) is 97.9 cm³/mol. The van der Waals surface area contributed by atoms with Gasteiger partial charge in [-0.3, -0.25) is 9.69 Å². The molecule has 0 aromatic heterocycles. The molecule has 138 valence electrons. The topological polar surface area (TPSA) is 86.9 Å². The van der Waals surface area contributed by atoms with Crippen molar-refractivity contribution < 1.29 is 14.7 Å². The van der Waals surface area contributed by atoms with Crippen LogP contribution in [0.15, 0.2) is 12.1 Å². The molecule has 0 spiro atoms. The van der Waals surface area contributed by atoms with Gasteiger partial charge in [-0.25, -0.2) is 4.79 Å². The molecule has 1 saturated heterocycles. The number of urea groups is 1. The zero-order valence-electron chi connectivity index (χ0n) is 15.2. The Bertz CT molecular complexity index is 685. The van der Waals surface area contributed by atoms with Gasteiger partial charge in [0.05, 0.1) is 0 Å². The number of nitrogens with two attached hydrogens (primary N) is 1. The van der Waals surface area contributed by atoms with Gasteiger partial charge in [0.2, 0.25) is 0 Å². The number of halogens is 1. The number of carboxylic acid groups (broad SMARTS) is 1. The van der Waals surface area contributed by atoms with Crippen molar-refractivity contribution in [3.8, 4) is 0 Å². The maximum Gasteiger partial charge on any atom is 0.322 e. The van der Waals surface area contributed by atoms with E-state index in [0.717, 1.165) is 16.7 Å². The van der Waals surface area contributed by atoms with E-state index in [4.69, 9.17) is 17.3 Å². The summed E-state index contributed by atoms with van der Waals surface area (Å²) in [6.07, 6.45) is 0. The molecule has 7 heteroatoms. The third kappa shape index (κ3) is 4.44. The Labute approximate surface area is 153 Å². The summed E-state index contributed by atoms with van der Waals surface area (Å²) in [4.78, 5) is 26.2. The van der Waals surface area contributed by atoms with E-state index in [0.29, 0.717) is 24.7 Å². The highest BCUT2D eigenvalue weighted by molar-refractivity contribution is 6.31. The van der Waals surface area contributed by atoms with E-state index in [1.54, 1.807) is 0 Å². The van der Waals surface area contributed by atoms with Crippen molar-refractivity contribution in [1.82, 2.24) is 9.80 Å². The van der Waals surface area contributed by atoms with Crippen molar-refractivity contribution in [1.29, 1.82) is 0 Å². The summed E-state index contributed by atoms with van der Waals surface area (Å²) in [5, 5.41) is 10.2. The van der Waals surface area contributed by atoms with Crippen LogP contribution >= 0.6 is 11.6 Å². The summed E-state index contributed by atoms with van der Waals surface area (Å²) in [6, 6.07) is 2.64. The van der Waals surface area contributed by atoms with Gasteiger partial charge in [-0.15, -0.1) is 0 Å². The fraction of sp³-hybridized carbons (Fsp3) is 0.556. The van der Waals surface area contributed by atoms with Gasteiger partial charge in [0.1, 0.15) is 6.04 Å². The molecular weight excluding hydrogens is 342 g/mol. The molecule has 0 saturated carbocycles. The number of primary amides is 1. The highest BCUT2D eigenvalue weighted by atomic mass is 35.5. The molecule has 1 aliphatic heterocycles. The Morgan fingerprint density at radius 3 is 2.48 bits per heavy atom. The number of hydrogen-bond donors (Lipinski definition) is 2. The van der Waals surface area contributed by atoms with Crippen molar-refractivity contribution >= 4 is 23.6 Å². The minimum atomic E-state index is -0.957. The molecule has 0 radical (unpaired) electrons. The number of carboxylic acids is 1. The first-order valence-corrected chi connectivity index (χ1v) is 8.69. The lowest BCUT2D eigenvalue weighted by molar-refractivity contribution is -0.145. The molecule has 1 atom stereocenters. The van der Waals surface area contributed by atoms with E-state index in [-0.39, 0.29) is 12.0 Å². The molecule has 1 heterocycles. The molecule has 2 rings (SSSR count). The van der Waals surface area contributed by atoms with Gasteiger partial charge >= 0.3 is 12.0 Å². The molecule has 2 amide bonds. The van der Waals surface area contributed by atoms with Crippen LogP contribution in [-0.4, -0.2) is 52.6 Å². The lowest BCUT2D eigenvalue weighted by Crippen LogP contribution is -2.58. The molecule has 1 fully saturated rings. The molecule has 1 aliphatic rings. The second-order valence-electron chi connectivity index (χ2n) is 7.62. The van der Waals surface area contributed by atoms with Crippen molar-refractivity contribution in [2.75, 3.05) is 19.6 Å². The van der Waals surface area contributed by atoms with Gasteiger partial charge in [0.25, 0.3) is 0 Å². The number of nitrogens with zero attached hydrogens (tertiary/aromatic N) is 2. The van der Waals surface area contributed by atoms with E-state index in [9.17, 15) is 14.7 Å². The van der Waals surface area contributed by atoms with Crippen molar-refractivity contribution in [2.24, 2.45) is 5.73 Å². The lowest BCUT2D eigenvalue weighted by atomic mass is 9.85. The molecule has 1 aromatic carbocycles. The van der Waals surface area contributed by atoms with Gasteiger partial charge in [-0.05, 0) is 35.1 Å². The fourth-order valence-corrected chi connectivity index (χ4v) is 3.60. The maximum atomic E-state index is 11.6. The summed E-state index contributed by atoms with van der Waals surface area (Å²) in [6.45, 7) is 9.78. The summed E-state index contributed by atoms with van der Waals surface area (Å²) in [5.41, 5.74) is 8.38. The van der Waals surface area contributed by atoms with Crippen LogP contribution in [0.5, 0.6) is 0 Å². The van der Waals surface area contributed by atoms with Gasteiger partial charge < -0.3 is 15.7 Å². The molecule has 6 nitrogen and oxygen atoms in total. The number of aryl methyl sites for hydroxylation is 1. The molecule has 1 aromatic rings. The average Bonchev–Trinajstić information content (AvgIpc) is 2.49. The normalized spacial score (nSPS) is 19.1. The fourth-order valence-electron chi connectivity index (χ4n) is 3.13. The van der Waals surface area contributed by atoms with Crippen LogP contribution in [0.3, 0.4) is 0 Å². The van der Waals surface area contributed by atoms with Crippen molar-refractivity contribution in [3.63, 3.8) is 0 Å². The number of rotatable bonds is 3. The number of amides is 2. The Morgan fingerprint density at radius 2 is 1.96 bits per heavy atom.